The Balaban J connectivity index is 2.43. The van der Waals surface area contributed by atoms with E-state index < -0.39 is 0 Å². The van der Waals surface area contributed by atoms with Gasteiger partial charge in [-0.15, -0.1) is 11.6 Å². The van der Waals surface area contributed by atoms with Crippen LogP contribution in [0.3, 0.4) is 0 Å². The van der Waals surface area contributed by atoms with Crippen LogP contribution in [0.5, 0.6) is 0 Å². The van der Waals surface area contributed by atoms with Gasteiger partial charge in [0.1, 0.15) is 0 Å². The number of rotatable bonds is 4. The van der Waals surface area contributed by atoms with Gasteiger partial charge in [0.15, 0.2) is 0 Å². The van der Waals surface area contributed by atoms with Crippen LogP contribution < -0.4 is 0 Å². The average molecular weight is 218 g/mol. The van der Waals surface area contributed by atoms with E-state index in [1.807, 2.05) is 0 Å². The van der Waals surface area contributed by atoms with Crippen LogP contribution in [0, 0.1) is 0 Å². The first-order valence-electron chi connectivity index (χ1n) is 4.61. The molecule has 5 heteroatoms. The molecule has 0 aromatic carbocycles. The van der Waals surface area contributed by atoms with Crippen LogP contribution in [-0.2, 0) is 14.4 Å². The molecule has 1 rings (SSSR count). The predicted octanol–water partition coefficient (Wildman–Crippen LogP) is 1.07. The average Bonchev–Trinajstić information content (AvgIpc) is 2.46. The van der Waals surface area contributed by atoms with E-state index in [9.17, 15) is 14.4 Å². The Morgan fingerprint density at radius 3 is 2.29 bits per heavy atom. The second kappa shape index (κ2) is 5.10. The Hall–Kier alpha value is -0.900. The lowest BCUT2D eigenvalue weighted by atomic mass is 10.2. The zero-order chi connectivity index (χ0) is 10.6. The molecule has 3 amide bonds. The molecule has 1 heterocycles. The lowest BCUT2D eigenvalue weighted by molar-refractivity contribution is -0.149. The number of imide groups is 3. The quantitative estimate of drug-likeness (QED) is 0.402. The summed E-state index contributed by atoms with van der Waals surface area (Å²) in [7, 11) is 0. The second-order valence-corrected chi connectivity index (χ2v) is 3.54. The van der Waals surface area contributed by atoms with Crippen LogP contribution >= 0.6 is 11.6 Å². The molecule has 0 atom stereocenters. The van der Waals surface area contributed by atoms with Crippen molar-refractivity contribution in [1.29, 1.82) is 0 Å². The Kier molecular flexibility index (Phi) is 4.07. The van der Waals surface area contributed by atoms with E-state index in [0.717, 1.165) is 11.3 Å². The normalized spacial score (nSPS) is 16.5. The monoisotopic (exact) mass is 217 g/mol. The molecule has 0 aliphatic carbocycles. The summed E-state index contributed by atoms with van der Waals surface area (Å²) in [5, 5.41) is 0. The highest BCUT2D eigenvalue weighted by Crippen LogP contribution is 2.14. The smallest absolute Gasteiger partial charge is 0.236 e. The van der Waals surface area contributed by atoms with Gasteiger partial charge in [0, 0.05) is 25.1 Å². The van der Waals surface area contributed by atoms with E-state index in [-0.39, 0.29) is 37.0 Å². The van der Waals surface area contributed by atoms with Gasteiger partial charge in [0.25, 0.3) is 0 Å². The first-order valence-corrected chi connectivity index (χ1v) is 5.15. The molecule has 0 bridgehead atoms. The van der Waals surface area contributed by atoms with E-state index in [1.165, 1.54) is 0 Å². The Morgan fingerprint density at radius 1 is 1.21 bits per heavy atom. The summed E-state index contributed by atoms with van der Waals surface area (Å²) in [5.41, 5.74) is 0. The van der Waals surface area contributed by atoms with E-state index in [4.69, 9.17) is 11.6 Å². The van der Waals surface area contributed by atoms with E-state index in [1.54, 1.807) is 0 Å². The number of alkyl halides is 1. The Labute approximate surface area is 87.2 Å². The van der Waals surface area contributed by atoms with Crippen molar-refractivity contribution in [2.75, 3.05) is 5.88 Å². The lowest BCUT2D eigenvalue weighted by Gasteiger charge is -2.10. The highest BCUT2D eigenvalue weighted by atomic mass is 35.5. The Bertz CT molecular complexity index is 249. The van der Waals surface area contributed by atoms with Crippen LogP contribution in [0.25, 0.3) is 0 Å². The summed E-state index contributed by atoms with van der Waals surface area (Å²) < 4.78 is 0. The highest BCUT2D eigenvalue weighted by molar-refractivity contribution is 6.18. The second-order valence-electron chi connectivity index (χ2n) is 3.16. The third-order valence-electron chi connectivity index (χ3n) is 2.08. The predicted molar refractivity (Wildman–Crippen MR) is 50.7 cm³/mol. The minimum atomic E-state index is -0.386. The van der Waals surface area contributed by atoms with E-state index >= 15 is 0 Å². The van der Waals surface area contributed by atoms with Gasteiger partial charge in [-0.05, 0) is 12.8 Å². The van der Waals surface area contributed by atoms with Crippen molar-refractivity contribution < 1.29 is 14.4 Å². The number of carbonyl (C=O) groups is 3. The topological polar surface area (TPSA) is 54.5 Å². The molecule has 0 unspecified atom stereocenters. The van der Waals surface area contributed by atoms with Gasteiger partial charge in [-0.2, -0.15) is 0 Å². The van der Waals surface area contributed by atoms with Crippen LogP contribution in [0.1, 0.15) is 32.1 Å². The Morgan fingerprint density at radius 2 is 1.79 bits per heavy atom. The third-order valence-corrected chi connectivity index (χ3v) is 2.34. The number of halogens is 1. The maximum absolute atomic E-state index is 11.4. The minimum Gasteiger partial charge on any atom is -0.274 e. The first-order chi connectivity index (χ1) is 6.66. The fourth-order valence-corrected chi connectivity index (χ4v) is 1.53. The molecule has 0 spiro atoms. The van der Waals surface area contributed by atoms with Crippen molar-refractivity contribution in [1.82, 2.24) is 4.90 Å². The van der Waals surface area contributed by atoms with Crippen LogP contribution in [-0.4, -0.2) is 28.5 Å². The van der Waals surface area contributed by atoms with Crippen molar-refractivity contribution in [3.8, 4) is 0 Å². The van der Waals surface area contributed by atoms with E-state index in [2.05, 4.69) is 0 Å². The maximum atomic E-state index is 11.4. The maximum Gasteiger partial charge on any atom is 0.236 e. The number of unbranched alkanes of at least 4 members (excludes halogenated alkanes) is 1. The summed E-state index contributed by atoms with van der Waals surface area (Å²) >= 11 is 5.44. The minimum absolute atomic E-state index is 0.167. The van der Waals surface area contributed by atoms with Crippen LogP contribution in [0.4, 0.5) is 0 Å². The number of amides is 3. The molecule has 1 aliphatic rings. The highest BCUT2D eigenvalue weighted by Gasteiger charge is 2.33. The zero-order valence-corrected chi connectivity index (χ0v) is 8.55. The van der Waals surface area contributed by atoms with Crippen molar-refractivity contribution >= 4 is 29.3 Å². The molecule has 1 saturated heterocycles. The molecule has 1 aliphatic heterocycles. The standard InChI is InChI=1S/C9H12ClNO3/c10-6-2-1-3-7(12)11-8(13)4-5-9(11)14/h1-6H2. The molecular weight excluding hydrogens is 206 g/mol. The number of hydrogen-bond donors (Lipinski definition) is 0. The van der Waals surface area contributed by atoms with Gasteiger partial charge in [0.2, 0.25) is 17.7 Å². The van der Waals surface area contributed by atoms with E-state index in [0.29, 0.717) is 12.3 Å². The van der Waals surface area contributed by atoms with Crippen LogP contribution in [0.2, 0.25) is 0 Å². The van der Waals surface area contributed by atoms with Crippen molar-refractivity contribution in [2.24, 2.45) is 0 Å². The summed E-state index contributed by atoms with van der Waals surface area (Å²) in [6, 6.07) is 0. The molecule has 0 aromatic rings. The molecular formula is C9H12ClNO3. The molecule has 4 nitrogen and oxygen atoms in total. The number of carbonyl (C=O) groups excluding carboxylic acids is 3. The summed E-state index contributed by atoms with van der Waals surface area (Å²) in [6.45, 7) is 0. The largest absolute Gasteiger partial charge is 0.274 e. The van der Waals surface area contributed by atoms with Crippen molar-refractivity contribution in [3.05, 3.63) is 0 Å². The van der Waals surface area contributed by atoms with Gasteiger partial charge in [-0.1, -0.05) is 0 Å². The molecule has 0 saturated carbocycles. The molecule has 0 aromatic heterocycles. The fourth-order valence-electron chi connectivity index (χ4n) is 1.34. The third kappa shape index (κ3) is 2.54. The van der Waals surface area contributed by atoms with Crippen molar-refractivity contribution in [3.63, 3.8) is 0 Å². The summed E-state index contributed by atoms with van der Waals surface area (Å²) in [4.78, 5) is 34.4. The first kappa shape index (κ1) is 11.2. The van der Waals surface area contributed by atoms with Gasteiger partial charge < -0.3 is 0 Å². The summed E-state index contributed by atoms with van der Waals surface area (Å²) in [5.74, 6) is -0.630. The zero-order valence-electron chi connectivity index (χ0n) is 7.79. The number of hydrogen-bond acceptors (Lipinski definition) is 3. The molecule has 0 N–H and O–H groups in total. The lowest BCUT2D eigenvalue weighted by Crippen LogP contribution is -2.35. The number of likely N-dealkylation sites (tertiary alicyclic amines) is 1. The van der Waals surface area contributed by atoms with Gasteiger partial charge in [0.05, 0.1) is 0 Å². The molecule has 14 heavy (non-hydrogen) atoms. The summed E-state index contributed by atoms with van der Waals surface area (Å²) in [6.07, 6.45) is 1.91. The molecule has 1 fully saturated rings. The van der Waals surface area contributed by atoms with Gasteiger partial charge in [-0.3, -0.25) is 14.4 Å². The SMILES string of the molecule is O=C(CCCCCl)N1C(=O)CCC1=O. The number of nitrogens with zero attached hydrogens (tertiary/aromatic N) is 1. The van der Waals surface area contributed by atoms with Crippen LogP contribution in [0.15, 0.2) is 0 Å². The van der Waals surface area contributed by atoms with Gasteiger partial charge >= 0.3 is 0 Å². The fraction of sp³-hybridized carbons (Fsp3) is 0.667. The molecule has 0 radical (unpaired) electrons. The molecule has 78 valence electrons. The van der Waals surface area contributed by atoms with Gasteiger partial charge in [-0.25, -0.2) is 4.90 Å². The van der Waals surface area contributed by atoms with Crippen molar-refractivity contribution in [2.45, 2.75) is 32.1 Å².